The van der Waals surface area contributed by atoms with Gasteiger partial charge < -0.3 is 5.11 Å². The number of benzene rings is 1. The number of nitrogens with zero attached hydrogens (tertiary/aromatic N) is 4. The van der Waals surface area contributed by atoms with Crippen molar-refractivity contribution in [2.45, 2.75) is 46.1 Å². The number of aliphatic carboxylic acids is 1. The van der Waals surface area contributed by atoms with Crippen LogP contribution in [0.3, 0.4) is 0 Å². The number of aryl methyl sites for hydroxylation is 3. The molecule has 0 bridgehead atoms. The third-order valence-electron chi connectivity index (χ3n) is 3.56. The fourth-order valence-corrected chi connectivity index (χ4v) is 2.16. The van der Waals surface area contributed by atoms with Crippen LogP contribution in [0.2, 0.25) is 0 Å². The van der Waals surface area contributed by atoms with Crippen LogP contribution in [0.1, 0.15) is 36.8 Å². The van der Waals surface area contributed by atoms with Gasteiger partial charge in [-0.2, -0.15) is 0 Å². The summed E-state index contributed by atoms with van der Waals surface area (Å²) < 4.78 is 1.78. The SMILES string of the molecule is Cc1ccc(-c2nnnn2CCCCCC(=O)O)cc1C. The molecule has 0 atom stereocenters. The third kappa shape index (κ3) is 4.11. The molecule has 1 aromatic heterocycles. The maximum absolute atomic E-state index is 10.5. The first-order valence-corrected chi connectivity index (χ1v) is 7.13. The van der Waals surface area contributed by atoms with Gasteiger partial charge >= 0.3 is 5.97 Å². The van der Waals surface area contributed by atoms with Crippen LogP contribution in [0.5, 0.6) is 0 Å². The van der Waals surface area contributed by atoms with Crippen LogP contribution in [0, 0.1) is 13.8 Å². The maximum atomic E-state index is 10.5. The highest BCUT2D eigenvalue weighted by Gasteiger charge is 2.09. The summed E-state index contributed by atoms with van der Waals surface area (Å²) in [5.74, 6) is 0.0181. The number of aromatic nitrogens is 4. The quantitative estimate of drug-likeness (QED) is 0.792. The summed E-state index contributed by atoms with van der Waals surface area (Å²) in [7, 11) is 0. The molecular weight excluding hydrogens is 268 g/mol. The van der Waals surface area contributed by atoms with Crippen molar-refractivity contribution >= 4 is 5.97 Å². The number of carboxylic acids is 1. The molecule has 0 radical (unpaired) electrons. The van der Waals surface area contributed by atoms with Gasteiger partial charge in [0.05, 0.1) is 0 Å². The number of tetrazole rings is 1. The van der Waals surface area contributed by atoms with Crippen molar-refractivity contribution in [1.29, 1.82) is 0 Å². The molecule has 2 rings (SSSR count). The van der Waals surface area contributed by atoms with E-state index in [-0.39, 0.29) is 6.42 Å². The summed E-state index contributed by atoms with van der Waals surface area (Å²) in [6, 6.07) is 6.17. The number of carbonyl (C=O) groups is 1. The molecule has 1 heterocycles. The largest absolute Gasteiger partial charge is 0.481 e. The monoisotopic (exact) mass is 288 g/mol. The standard InChI is InChI=1S/C15H20N4O2/c1-11-7-8-13(10-12(11)2)15-16-17-18-19(15)9-5-3-4-6-14(20)21/h7-8,10H,3-6,9H2,1-2H3,(H,20,21). The van der Waals surface area contributed by atoms with E-state index >= 15 is 0 Å². The number of carboxylic acid groups (broad SMARTS) is 1. The lowest BCUT2D eigenvalue weighted by Crippen LogP contribution is -2.04. The Kier molecular flexibility index (Phi) is 5.03. The van der Waals surface area contributed by atoms with Crippen LogP contribution < -0.4 is 0 Å². The Morgan fingerprint density at radius 2 is 2.00 bits per heavy atom. The molecule has 0 aliphatic rings. The van der Waals surface area contributed by atoms with Crippen molar-refractivity contribution in [1.82, 2.24) is 20.2 Å². The molecule has 112 valence electrons. The van der Waals surface area contributed by atoms with E-state index in [0.29, 0.717) is 13.0 Å². The Morgan fingerprint density at radius 1 is 1.19 bits per heavy atom. The minimum absolute atomic E-state index is 0.222. The Balaban J connectivity index is 1.98. The molecule has 6 heteroatoms. The smallest absolute Gasteiger partial charge is 0.303 e. The number of unbranched alkanes of at least 4 members (excludes halogenated alkanes) is 2. The molecule has 21 heavy (non-hydrogen) atoms. The van der Waals surface area contributed by atoms with Gasteiger partial charge in [-0.3, -0.25) is 4.79 Å². The van der Waals surface area contributed by atoms with Gasteiger partial charge in [-0.25, -0.2) is 4.68 Å². The van der Waals surface area contributed by atoms with Gasteiger partial charge in [0.1, 0.15) is 0 Å². The zero-order valence-electron chi connectivity index (χ0n) is 12.4. The van der Waals surface area contributed by atoms with E-state index in [0.717, 1.165) is 24.2 Å². The minimum atomic E-state index is -0.742. The Bertz CT molecular complexity index is 622. The van der Waals surface area contributed by atoms with Crippen molar-refractivity contribution in [2.24, 2.45) is 0 Å². The van der Waals surface area contributed by atoms with E-state index in [1.165, 1.54) is 11.1 Å². The zero-order chi connectivity index (χ0) is 15.2. The predicted molar refractivity (Wildman–Crippen MR) is 78.8 cm³/mol. The molecule has 0 saturated carbocycles. The molecule has 0 aliphatic carbocycles. The third-order valence-corrected chi connectivity index (χ3v) is 3.56. The lowest BCUT2D eigenvalue weighted by Gasteiger charge is -2.06. The summed E-state index contributed by atoms with van der Waals surface area (Å²) >= 11 is 0. The van der Waals surface area contributed by atoms with Crippen LogP contribution in [-0.4, -0.2) is 31.3 Å². The first kappa shape index (κ1) is 15.2. The van der Waals surface area contributed by atoms with E-state index in [1.807, 2.05) is 6.07 Å². The summed E-state index contributed by atoms with van der Waals surface area (Å²) in [5, 5.41) is 20.5. The first-order chi connectivity index (χ1) is 10.1. The van der Waals surface area contributed by atoms with Crippen LogP contribution in [-0.2, 0) is 11.3 Å². The van der Waals surface area contributed by atoms with Crippen LogP contribution in [0.15, 0.2) is 18.2 Å². The van der Waals surface area contributed by atoms with Gasteiger partial charge in [0.15, 0.2) is 5.82 Å². The van der Waals surface area contributed by atoms with Gasteiger partial charge in [0.2, 0.25) is 0 Å². The number of hydrogen-bond acceptors (Lipinski definition) is 4. The molecule has 0 fully saturated rings. The average Bonchev–Trinajstić information content (AvgIpc) is 2.89. The minimum Gasteiger partial charge on any atom is -0.481 e. The van der Waals surface area contributed by atoms with E-state index in [1.54, 1.807) is 4.68 Å². The van der Waals surface area contributed by atoms with Crippen molar-refractivity contribution in [3.8, 4) is 11.4 Å². The van der Waals surface area contributed by atoms with E-state index in [2.05, 4.69) is 41.5 Å². The Labute approximate surface area is 123 Å². The van der Waals surface area contributed by atoms with Crippen LogP contribution in [0.4, 0.5) is 0 Å². The molecule has 2 aromatic rings. The summed E-state index contributed by atoms with van der Waals surface area (Å²) in [4.78, 5) is 10.5. The molecule has 0 amide bonds. The molecule has 0 aliphatic heterocycles. The summed E-state index contributed by atoms with van der Waals surface area (Å²) in [6.07, 6.45) is 2.64. The molecule has 1 N–H and O–H groups in total. The van der Waals surface area contributed by atoms with Crippen LogP contribution in [0.25, 0.3) is 11.4 Å². The van der Waals surface area contributed by atoms with E-state index in [4.69, 9.17) is 5.11 Å². The van der Waals surface area contributed by atoms with Crippen LogP contribution >= 0.6 is 0 Å². The Morgan fingerprint density at radius 3 is 2.71 bits per heavy atom. The second-order valence-corrected chi connectivity index (χ2v) is 5.23. The fourth-order valence-electron chi connectivity index (χ4n) is 2.16. The molecular formula is C15H20N4O2. The topological polar surface area (TPSA) is 80.9 Å². The number of rotatable bonds is 7. The number of hydrogen-bond donors (Lipinski definition) is 1. The lowest BCUT2D eigenvalue weighted by atomic mass is 10.1. The molecule has 0 saturated heterocycles. The predicted octanol–water partition coefficient (Wildman–Crippen LogP) is 2.60. The van der Waals surface area contributed by atoms with Gasteiger partial charge in [-0.15, -0.1) is 5.10 Å². The van der Waals surface area contributed by atoms with Gasteiger partial charge in [0.25, 0.3) is 0 Å². The lowest BCUT2D eigenvalue weighted by molar-refractivity contribution is -0.137. The van der Waals surface area contributed by atoms with Gasteiger partial charge in [-0.05, 0) is 54.3 Å². The van der Waals surface area contributed by atoms with Crippen molar-refractivity contribution < 1.29 is 9.90 Å². The second-order valence-electron chi connectivity index (χ2n) is 5.23. The summed E-state index contributed by atoms with van der Waals surface area (Å²) in [5.41, 5.74) is 3.46. The highest BCUT2D eigenvalue weighted by atomic mass is 16.4. The van der Waals surface area contributed by atoms with Gasteiger partial charge in [-0.1, -0.05) is 18.6 Å². The maximum Gasteiger partial charge on any atom is 0.303 e. The average molecular weight is 288 g/mol. The van der Waals surface area contributed by atoms with E-state index < -0.39 is 5.97 Å². The highest BCUT2D eigenvalue weighted by Crippen LogP contribution is 2.19. The highest BCUT2D eigenvalue weighted by molar-refractivity contribution is 5.66. The first-order valence-electron chi connectivity index (χ1n) is 7.13. The normalized spacial score (nSPS) is 10.8. The fraction of sp³-hybridized carbons (Fsp3) is 0.467. The molecule has 0 spiro atoms. The molecule has 1 aromatic carbocycles. The van der Waals surface area contributed by atoms with E-state index in [9.17, 15) is 4.79 Å². The molecule has 0 unspecified atom stereocenters. The van der Waals surface area contributed by atoms with Crippen molar-refractivity contribution in [3.63, 3.8) is 0 Å². The van der Waals surface area contributed by atoms with Gasteiger partial charge in [0, 0.05) is 18.5 Å². The Hall–Kier alpha value is -2.24. The summed E-state index contributed by atoms with van der Waals surface area (Å²) in [6.45, 7) is 4.85. The van der Waals surface area contributed by atoms with Crippen molar-refractivity contribution in [3.05, 3.63) is 29.3 Å². The molecule has 6 nitrogen and oxygen atoms in total. The second kappa shape index (κ2) is 6.97. The zero-order valence-corrected chi connectivity index (χ0v) is 12.4. The van der Waals surface area contributed by atoms with Crippen molar-refractivity contribution in [2.75, 3.05) is 0 Å².